The number of sulfonamides is 2. The van der Waals surface area contributed by atoms with Gasteiger partial charge in [-0.3, -0.25) is 4.79 Å². The molecule has 0 aromatic heterocycles. The van der Waals surface area contributed by atoms with Crippen molar-refractivity contribution >= 4 is 26.0 Å². The van der Waals surface area contributed by atoms with Crippen molar-refractivity contribution in [3.63, 3.8) is 0 Å². The summed E-state index contributed by atoms with van der Waals surface area (Å²) in [5.74, 6) is -0.814. The van der Waals surface area contributed by atoms with Gasteiger partial charge < -0.3 is 0 Å². The fraction of sp³-hybridized carbons (Fsp3) is 0.500. The molecular weight excluding hydrogens is 340 g/mol. The third-order valence-electron chi connectivity index (χ3n) is 3.54. The fourth-order valence-corrected chi connectivity index (χ4v) is 3.38. The highest BCUT2D eigenvalue weighted by Gasteiger charge is 2.26. The molecule has 0 saturated carbocycles. The van der Waals surface area contributed by atoms with Gasteiger partial charge in [0.15, 0.2) is 0 Å². The monoisotopic (exact) mass is 362 g/mol. The zero-order chi connectivity index (χ0) is 17.8. The average Bonchev–Trinajstić information content (AvgIpc) is 2.44. The van der Waals surface area contributed by atoms with Crippen molar-refractivity contribution in [2.45, 2.75) is 31.6 Å². The van der Waals surface area contributed by atoms with Gasteiger partial charge in [0.25, 0.3) is 0 Å². The molecule has 0 spiro atoms. The lowest BCUT2D eigenvalue weighted by Gasteiger charge is -2.23. The van der Waals surface area contributed by atoms with Gasteiger partial charge in [-0.2, -0.15) is 0 Å². The second-order valence-electron chi connectivity index (χ2n) is 5.42. The van der Waals surface area contributed by atoms with E-state index in [-0.39, 0.29) is 17.4 Å². The largest absolute Gasteiger partial charge is 0.274 e. The Hall–Kier alpha value is -1.45. The highest BCUT2D eigenvalue weighted by atomic mass is 32.2. The Morgan fingerprint density at radius 1 is 1.17 bits per heavy atom. The topological polar surface area (TPSA) is 115 Å². The van der Waals surface area contributed by atoms with Crippen molar-refractivity contribution in [1.82, 2.24) is 4.31 Å². The summed E-state index contributed by atoms with van der Waals surface area (Å²) in [5, 5.41) is 5.01. The van der Waals surface area contributed by atoms with Crippen LogP contribution in [0.1, 0.15) is 25.8 Å². The molecule has 0 fully saturated rings. The van der Waals surface area contributed by atoms with E-state index in [0.29, 0.717) is 18.4 Å². The standard InChI is InChI=1S/C14H22N2O5S2/c1-4-11(2)14(17)16(22(3,18)19)10-9-12-5-7-13(8-6-12)23(15,20)21/h5-8,11H,4,9-10H2,1-3H3,(H2,15,20,21)/t11-/m0/s1. The van der Waals surface area contributed by atoms with Gasteiger partial charge in [0.1, 0.15) is 0 Å². The summed E-state index contributed by atoms with van der Waals surface area (Å²) in [7, 11) is -7.42. The van der Waals surface area contributed by atoms with Crippen LogP contribution in [0.3, 0.4) is 0 Å². The summed E-state index contributed by atoms with van der Waals surface area (Å²) in [6, 6.07) is 5.81. The molecular formula is C14H22N2O5S2. The Balaban J connectivity index is 2.89. The maximum Gasteiger partial charge on any atom is 0.238 e. The number of rotatable bonds is 7. The number of nitrogens with zero attached hydrogens (tertiary/aromatic N) is 1. The van der Waals surface area contributed by atoms with Crippen molar-refractivity contribution in [3.05, 3.63) is 29.8 Å². The molecule has 23 heavy (non-hydrogen) atoms. The van der Waals surface area contributed by atoms with Crippen molar-refractivity contribution in [2.75, 3.05) is 12.8 Å². The number of benzene rings is 1. The van der Waals surface area contributed by atoms with E-state index in [9.17, 15) is 21.6 Å². The van der Waals surface area contributed by atoms with Gasteiger partial charge in [-0.25, -0.2) is 26.3 Å². The Morgan fingerprint density at radius 2 is 1.70 bits per heavy atom. The molecule has 1 amide bonds. The second-order valence-corrected chi connectivity index (χ2v) is 8.89. The first-order chi connectivity index (χ1) is 10.5. The molecule has 0 aliphatic rings. The third-order valence-corrected chi connectivity index (χ3v) is 5.63. The highest BCUT2D eigenvalue weighted by Crippen LogP contribution is 2.13. The first kappa shape index (κ1) is 19.6. The minimum Gasteiger partial charge on any atom is -0.274 e. The van der Waals surface area contributed by atoms with E-state index in [1.165, 1.54) is 12.1 Å². The summed E-state index contributed by atoms with van der Waals surface area (Å²) in [6.07, 6.45) is 1.84. The number of primary sulfonamides is 1. The van der Waals surface area contributed by atoms with Crippen LogP contribution in [0.2, 0.25) is 0 Å². The maximum absolute atomic E-state index is 12.2. The van der Waals surface area contributed by atoms with Crippen molar-refractivity contribution in [3.8, 4) is 0 Å². The zero-order valence-corrected chi connectivity index (χ0v) is 15.0. The number of hydrogen-bond donors (Lipinski definition) is 1. The molecule has 0 bridgehead atoms. The molecule has 9 heteroatoms. The van der Waals surface area contributed by atoms with Gasteiger partial charge in [0.2, 0.25) is 26.0 Å². The molecule has 0 heterocycles. The molecule has 1 atom stereocenters. The Morgan fingerprint density at radius 3 is 2.09 bits per heavy atom. The van der Waals surface area contributed by atoms with E-state index in [1.54, 1.807) is 19.1 Å². The van der Waals surface area contributed by atoms with Crippen LogP contribution in [0.25, 0.3) is 0 Å². The van der Waals surface area contributed by atoms with Crippen LogP contribution in [0.5, 0.6) is 0 Å². The molecule has 0 radical (unpaired) electrons. The van der Waals surface area contributed by atoms with Crippen LogP contribution in [0.15, 0.2) is 29.2 Å². The minimum absolute atomic E-state index is 0.0106. The Kier molecular flexibility index (Phi) is 6.32. The van der Waals surface area contributed by atoms with E-state index in [0.717, 1.165) is 10.6 Å². The predicted octanol–water partition coefficient (Wildman–Crippen LogP) is 0.711. The molecule has 0 unspecified atom stereocenters. The molecule has 1 rings (SSSR count). The lowest BCUT2D eigenvalue weighted by molar-refractivity contribution is -0.130. The smallest absolute Gasteiger partial charge is 0.238 e. The van der Waals surface area contributed by atoms with Gasteiger partial charge >= 0.3 is 0 Å². The number of amides is 1. The molecule has 0 aliphatic carbocycles. The quantitative estimate of drug-likeness (QED) is 0.767. The molecule has 0 aliphatic heterocycles. The number of carbonyl (C=O) groups is 1. The minimum atomic E-state index is -3.76. The predicted molar refractivity (Wildman–Crippen MR) is 87.5 cm³/mol. The maximum atomic E-state index is 12.2. The van der Waals surface area contributed by atoms with Crippen LogP contribution in [0.4, 0.5) is 0 Å². The first-order valence-corrected chi connectivity index (χ1v) is 10.5. The van der Waals surface area contributed by atoms with Crippen molar-refractivity contribution in [2.24, 2.45) is 11.1 Å². The Labute approximate surface area is 137 Å². The van der Waals surface area contributed by atoms with E-state index >= 15 is 0 Å². The molecule has 2 N–H and O–H groups in total. The first-order valence-electron chi connectivity index (χ1n) is 7.10. The summed E-state index contributed by atoms with van der Waals surface area (Å²) in [4.78, 5) is 12.2. The summed E-state index contributed by atoms with van der Waals surface area (Å²) >= 11 is 0. The molecule has 1 aromatic rings. The summed E-state index contributed by atoms with van der Waals surface area (Å²) in [6.45, 7) is 3.51. The Bertz CT molecular complexity index is 755. The second kappa shape index (κ2) is 7.41. The van der Waals surface area contributed by atoms with Crippen LogP contribution < -0.4 is 5.14 Å². The van der Waals surface area contributed by atoms with E-state index in [2.05, 4.69) is 0 Å². The molecule has 130 valence electrons. The number of nitrogens with two attached hydrogens (primary N) is 1. The van der Waals surface area contributed by atoms with E-state index < -0.39 is 26.0 Å². The SMILES string of the molecule is CC[C@H](C)C(=O)N(CCc1ccc(S(N)(=O)=O)cc1)S(C)(=O)=O. The summed E-state index contributed by atoms with van der Waals surface area (Å²) in [5.41, 5.74) is 0.711. The van der Waals surface area contributed by atoms with Gasteiger partial charge in [0, 0.05) is 12.5 Å². The summed E-state index contributed by atoms with van der Waals surface area (Å²) < 4.78 is 46.9. The van der Waals surface area contributed by atoms with Gasteiger partial charge in [-0.05, 0) is 30.5 Å². The van der Waals surface area contributed by atoms with Crippen molar-refractivity contribution < 1.29 is 21.6 Å². The fourth-order valence-electron chi connectivity index (χ4n) is 1.94. The zero-order valence-electron chi connectivity index (χ0n) is 13.4. The number of carbonyl (C=O) groups excluding carboxylic acids is 1. The van der Waals surface area contributed by atoms with E-state index in [4.69, 9.17) is 5.14 Å². The van der Waals surface area contributed by atoms with Gasteiger partial charge in [0.05, 0.1) is 11.2 Å². The van der Waals surface area contributed by atoms with Crippen LogP contribution in [0, 0.1) is 5.92 Å². The average molecular weight is 362 g/mol. The highest BCUT2D eigenvalue weighted by molar-refractivity contribution is 7.89. The normalized spacial score (nSPS) is 13.6. The van der Waals surface area contributed by atoms with Gasteiger partial charge in [-0.15, -0.1) is 0 Å². The number of hydrogen-bond acceptors (Lipinski definition) is 5. The lowest BCUT2D eigenvalue weighted by atomic mass is 10.1. The van der Waals surface area contributed by atoms with Gasteiger partial charge in [-0.1, -0.05) is 26.0 Å². The van der Waals surface area contributed by atoms with Crippen LogP contribution in [-0.4, -0.2) is 39.8 Å². The lowest BCUT2D eigenvalue weighted by Crippen LogP contribution is -2.40. The van der Waals surface area contributed by atoms with Crippen LogP contribution in [-0.2, 0) is 31.3 Å². The third kappa shape index (κ3) is 5.60. The van der Waals surface area contributed by atoms with Crippen LogP contribution >= 0.6 is 0 Å². The molecule has 0 saturated heterocycles. The molecule has 1 aromatic carbocycles. The molecule has 7 nitrogen and oxygen atoms in total. The van der Waals surface area contributed by atoms with Crippen molar-refractivity contribution in [1.29, 1.82) is 0 Å². The van der Waals surface area contributed by atoms with E-state index in [1.807, 2.05) is 6.92 Å².